The van der Waals surface area contributed by atoms with Gasteiger partial charge in [-0.1, -0.05) is 56.3 Å². The lowest BCUT2D eigenvalue weighted by atomic mass is 10.1. The Morgan fingerprint density at radius 2 is 1.59 bits per heavy atom. The molecule has 0 saturated carbocycles. The van der Waals surface area contributed by atoms with Gasteiger partial charge in [-0.05, 0) is 67.6 Å². The number of anilines is 2. The summed E-state index contributed by atoms with van der Waals surface area (Å²) in [6, 6.07) is 21.3. The first-order chi connectivity index (χ1) is 15.4. The first-order valence-corrected chi connectivity index (χ1v) is 11.8. The third-order valence-corrected chi connectivity index (χ3v) is 6.77. The Bertz CT molecular complexity index is 1110. The minimum atomic E-state index is -0.235. The highest BCUT2D eigenvalue weighted by Gasteiger charge is 2.20. The molecule has 0 fully saturated rings. The van der Waals surface area contributed by atoms with Crippen LogP contribution in [0.5, 0.6) is 0 Å². The van der Waals surface area contributed by atoms with Gasteiger partial charge in [0.25, 0.3) is 5.91 Å². The van der Waals surface area contributed by atoms with Crippen LogP contribution in [-0.4, -0.2) is 17.1 Å². The van der Waals surface area contributed by atoms with Gasteiger partial charge in [0, 0.05) is 21.8 Å². The highest BCUT2D eigenvalue weighted by Crippen LogP contribution is 2.30. The molecule has 32 heavy (non-hydrogen) atoms. The first kappa shape index (κ1) is 23.6. The second-order valence-corrected chi connectivity index (χ2v) is 9.04. The molecule has 0 aliphatic carbocycles. The van der Waals surface area contributed by atoms with E-state index in [2.05, 4.69) is 23.6 Å². The molecular weight excluding hydrogens is 416 g/mol. The Hall–Kier alpha value is -3.05. The van der Waals surface area contributed by atoms with Crippen LogP contribution in [-0.2, 0) is 11.2 Å². The van der Waals surface area contributed by atoms with Gasteiger partial charge in [-0.15, -0.1) is 11.8 Å². The summed E-state index contributed by atoms with van der Waals surface area (Å²) in [4.78, 5) is 26.6. The fraction of sp³-hybridized carbons (Fsp3) is 0.259. The van der Waals surface area contributed by atoms with Gasteiger partial charge in [-0.25, -0.2) is 0 Å². The van der Waals surface area contributed by atoms with Crippen molar-refractivity contribution in [3.63, 3.8) is 0 Å². The monoisotopic (exact) mass is 446 g/mol. The normalized spacial score (nSPS) is 11.6. The highest BCUT2D eigenvalue weighted by molar-refractivity contribution is 8.00. The maximum atomic E-state index is 13.1. The van der Waals surface area contributed by atoms with Gasteiger partial charge in [0.2, 0.25) is 5.91 Å². The molecule has 5 heteroatoms. The summed E-state index contributed by atoms with van der Waals surface area (Å²) in [6.07, 6.45) is 1.56. The second-order valence-electron chi connectivity index (χ2n) is 7.76. The van der Waals surface area contributed by atoms with Gasteiger partial charge >= 0.3 is 0 Å². The van der Waals surface area contributed by atoms with Crippen molar-refractivity contribution in [2.24, 2.45) is 0 Å². The summed E-state index contributed by atoms with van der Waals surface area (Å²) >= 11 is 1.51. The van der Waals surface area contributed by atoms with E-state index in [-0.39, 0.29) is 17.1 Å². The SMILES string of the molecule is CCc1cccc(C)c1NC(=O)C(CC)Sc1cccc(NC(=O)c2ccccc2C)c1. The number of benzene rings is 3. The van der Waals surface area contributed by atoms with Crippen LogP contribution in [0.2, 0.25) is 0 Å². The van der Waals surface area contributed by atoms with Crippen LogP contribution >= 0.6 is 11.8 Å². The lowest BCUT2D eigenvalue weighted by molar-refractivity contribution is -0.115. The van der Waals surface area contributed by atoms with Gasteiger partial charge < -0.3 is 10.6 Å². The zero-order valence-corrected chi connectivity index (χ0v) is 19.9. The summed E-state index contributed by atoms with van der Waals surface area (Å²) in [5.41, 5.74) is 5.42. The molecule has 3 aromatic carbocycles. The van der Waals surface area contributed by atoms with Crippen LogP contribution < -0.4 is 10.6 Å². The van der Waals surface area contributed by atoms with Crippen LogP contribution in [0, 0.1) is 13.8 Å². The fourth-order valence-corrected chi connectivity index (χ4v) is 4.58. The smallest absolute Gasteiger partial charge is 0.255 e. The fourth-order valence-electron chi connectivity index (χ4n) is 3.57. The van der Waals surface area contributed by atoms with Crippen molar-refractivity contribution >= 4 is 35.0 Å². The molecule has 2 N–H and O–H groups in total. The van der Waals surface area contributed by atoms with Crippen LogP contribution in [0.25, 0.3) is 0 Å². The average Bonchev–Trinajstić information content (AvgIpc) is 2.79. The number of nitrogens with one attached hydrogen (secondary N) is 2. The Kier molecular flexibility index (Phi) is 8.12. The number of para-hydroxylation sites is 1. The van der Waals surface area contributed by atoms with Gasteiger partial charge in [-0.2, -0.15) is 0 Å². The molecule has 0 heterocycles. The van der Waals surface area contributed by atoms with E-state index in [0.717, 1.165) is 33.7 Å². The lowest BCUT2D eigenvalue weighted by Gasteiger charge is -2.18. The van der Waals surface area contributed by atoms with Gasteiger partial charge in [0.1, 0.15) is 0 Å². The van der Waals surface area contributed by atoms with Crippen molar-refractivity contribution in [1.29, 1.82) is 0 Å². The van der Waals surface area contributed by atoms with E-state index in [1.165, 1.54) is 11.8 Å². The number of aryl methyl sites for hydroxylation is 3. The predicted molar refractivity (Wildman–Crippen MR) is 135 cm³/mol. The van der Waals surface area contributed by atoms with E-state index >= 15 is 0 Å². The summed E-state index contributed by atoms with van der Waals surface area (Å²) in [5.74, 6) is -0.141. The molecule has 3 aromatic rings. The minimum absolute atomic E-state index is 0.00384. The molecule has 2 amide bonds. The topological polar surface area (TPSA) is 58.2 Å². The molecule has 0 saturated heterocycles. The Balaban J connectivity index is 1.71. The summed E-state index contributed by atoms with van der Waals surface area (Å²) in [6.45, 7) is 8.04. The standard InChI is InChI=1S/C27H30N2O2S/c1-5-20-13-9-12-19(4)25(20)29-27(31)24(6-2)32-22-15-10-14-21(17-22)28-26(30)23-16-8-7-11-18(23)3/h7-17,24H,5-6H2,1-4H3,(H,28,30)(H,29,31). The number of hydrogen-bond acceptors (Lipinski definition) is 3. The zero-order valence-electron chi connectivity index (χ0n) is 19.1. The minimum Gasteiger partial charge on any atom is -0.325 e. The molecule has 0 spiro atoms. The summed E-state index contributed by atoms with van der Waals surface area (Å²) in [7, 11) is 0. The van der Waals surface area contributed by atoms with E-state index < -0.39 is 0 Å². The maximum absolute atomic E-state index is 13.1. The van der Waals surface area contributed by atoms with E-state index in [1.807, 2.05) is 81.4 Å². The zero-order chi connectivity index (χ0) is 23.1. The predicted octanol–water partition coefficient (Wildman–Crippen LogP) is 6.63. The quantitative estimate of drug-likeness (QED) is 0.382. The Morgan fingerprint density at radius 1 is 0.875 bits per heavy atom. The molecule has 0 aliphatic heterocycles. The third kappa shape index (κ3) is 5.80. The molecule has 0 aromatic heterocycles. The molecule has 0 bridgehead atoms. The largest absolute Gasteiger partial charge is 0.325 e. The lowest BCUT2D eigenvalue weighted by Crippen LogP contribution is -2.25. The van der Waals surface area contributed by atoms with Gasteiger partial charge in [-0.3, -0.25) is 9.59 Å². The second kappa shape index (κ2) is 11.0. The molecule has 1 atom stereocenters. The van der Waals surface area contributed by atoms with Gasteiger partial charge in [0.05, 0.1) is 5.25 Å². The van der Waals surface area contributed by atoms with Crippen molar-refractivity contribution in [2.75, 3.05) is 10.6 Å². The van der Waals surface area contributed by atoms with Crippen molar-refractivity contribution in [3.05, 3.63) is 89.0 Å². The molecule has 1 unspecified atom stereocenters. The third-order valence-electron chi connectivity index (χ3n) is 5.41. The van der Waals surface area contributed by atoms with E-state index in [4.69, 9.17) is 0 Å². The average molecular weight is 447 g/mol. The molecule has 3 rings (SSSR count). The number of rotatable bonds is 8. The molecule has 166 valence electrons. The summed E-state index contributed by atoms with van der Waals surface area (Å²) in [5, 5.41) is 5.88. The van der Waals surface area contributed by atoms with E-state index in [9.17, 15) is 9.59 Å². The Morgan fingerprint density at radius 3 is 2.31 bits per heavy atom. The molecule has 0 aliphatic rings. The first-order valence-electron chi connectivity index (χ1n) is 11.0. The van der Waals surface area contributed by atoms with Crippen molar-refractivity contribution < 1.29 is 9.59 Å². The number of thioether (sulfide) groups is 1. The molecule has 4 nitrogen and oxygen atoms in total. The maximum Gasteiger partial charge on any atom is 0.255 e. The van der Waals surface area contributed by atoms with Crippen LogP contribution in [0.1, 0.15) is 47.3 Å². The van der Waals surface area contributed by atoms with Crippen molar-refractivity contribution in [3.8, 4) is 0 Å². The van der Waals surface area contributed by atoms with Crippen LogP contribution in [0.15, 0.2) is 71.6 Å². The van der Waals surface area contributed by atoms with E-state index in [0.29, 0.717) is 17.7 Å². The number of carbonyl (C=O) groups excluding carboxylic acids is 2. The van der Waals surface area contributed by atoms with Crippen LogP contribution in [0.3, 0.4) is 0 Å². The Labute approximate surface area is 194 Å². The molecular formula is C27H30N2O2S. The molecule has 0 radical (unpaired) electrons. The number of hydrogen-bond donors (Lipinski definition) is 2. The van der Waals surface area contributed by atoms with E-state index in [1.54, 1.807) is 0 Å². The van der Waals surface area contributed by atoms with Crippen molar-refractivity contribution in [2.45, 2.75) is 50.7 Å². The summed E-state index contributed by atoms with van der Waals surface area (Å²) < 4.78 is 0. The number of amides is 2. The van der Waals surface area contributed by atoms with Crippen molar-refractivity contribution in [1.82, 2.24) is 0 Å². The highest BCUT2D eigenvalue weighted by atomic mass is 32.2. The van der Waals surface area contributed by atoms with Crippen LogP contribution in [0.4, 0.5) is 11.4 Å². The number of carbonyl (C=O) groups is 2. The van der Waals surface area contributed by atoms with Gasteiger partial charge in [0.15, 0.2) is 0 Å².